The van der Waals surface area contributed by atoms with E-state index in [0.717, 1.165) is 16.2 Å². The number of hydrogen-bond donors (Lipinski definition) is 1. The predicted molar refractivity (Wildman–Crippen MR) is 67.8 cm³/mol. The second-order valence-corrected chi connectivity index (χ2v) is 5.01. The van der Waals surface area contributed by atoms with Gasteiger partial charge in [0.05, 0.1) is 16.6 Å². The molecule has 1 N–H and O–H groups in total. The first-order chi connectivity index (χ1) is 9.38. The monoisotopic (exact) mass is 299 g/mol. The van der Waals surface area contributed by atoms with Crippen LogP contribution in [0, 0.1) is 28.7 Å². The molecule has 0 bridgehead atoms. The Kier molecular flexibility index (Phi) is 3.70. The van der Waals surface area contributed by atoms with E-state index in [-0.39, 0.29) is 5.13 Å². The highest BCUT2D eigenvalue weighted by Gasteiger charge is 2.22. The number of benzene rings is 1. The van der Waals surface area contributed by atoms with Gasteiger partial charge in [0.25, 0.3) is 5.91 Å². The molecule has 0 aliphatic rings. The van der Waals surface area contributed by atoms with Gasteiger partial charge in [0.2, 0.25) is 5.82 Å². The highest BCUT2D eigenvalue weighted by molar-refractivity contribution is 7.15. The number of aryl methyl sites for hydroxylation is 1. The van der Waals surface area contributed by atoms with Crippen molar-refractivity contribution in [2.24, 2.45) is 0 Å². The SMILES string of the molecule is Cc1cnc(NC(=O)c2cc(F)c([N+](=O)[O-])cc2F)s1. The first-order valence-corrected chi connectivity index (χ1v) is 6.07. The second-order valence-electron chi connectivity index (χ2n) is 3.77. The fourth-order valence-corrected chi connectivity index (χ4v) is 2.09. The van der Waals surface area contributed by atoms with Crippen molar-refractivity contribution in [3.63, 3.8) is 0 Å². The molecule has 0 unspecified atom stereocenters. The summed E-state index contributed by atoms with van der Waals surface area (Å²) in [6, 6.07) is 0.862. The van der Waals surface area contributed by atoms with Crippen molar-refractivity contribution < 1.29 is 18.5 Å². The minimum Gasteiger partial charge on any atom is -0.298 e. The fourth-order valence-electron chi connectivity index (χ4n) is 1.43. The van der Waals surface area contributed by atoms with Gasteiger partial charge in [-0.15, -0.1) is 11.3 Å². The molecule has 0 atom stereocenters. The topological polar surface area (TPSA) is 85.1 Å². The molecule has 1 aromatic carbocycles. The van der Waals surface area contributed by atoms with Crippen LogP contribution in [0.3, 0.4) is 0 Å². The minimum atomic E-state index is -1.28. The zero-order valence-corrected chi connectivity index (χ0v) is 10.8. The summed E-state index contributed by atoms with van der Waals surface area (Å²) in [6.45, 7) is 1.76. The van der Waals surface area contributed by atoms with E-state index in [1.807, 2.05) is 0 Å². The molecule has 20 heavy (non-hydrogen) atoms. The average Bonchev–Trinajstić information content (AvgIpc) is 2.76. The number of hydrogen-bond acceptors (Lipinski definition) is 5. The van der Waals surface area contributed by atoms with E-state index in [0.29, 0.717) is 12.1 Å². The number of nitro groups is 1. The highest BCUT2D eigenvalue weighted by atomic mass is 32.1. The van der Waals surface area contributed by atoms with Crippen LogP contribution in [-0.2, 0) is 0 Å². The van der Waals surface area contributed by atoms with Gasteiger partial charge in [0.1, 0.15) is 5.82 Å². The van der Waals surface area contributed by atoms with Gasteiger partial charge in [0.15, 0.2) is 5.13 Å². The molecule has 1 aromatic heterocycles. The largest absolute Gasteiger partial charge is 0.307 e. The first kappa shape index (κ1) is 14.0. The van der Waals surface area contributed by atoms with Crippen LogP contribution < -0.4 is 5.32 Å². The lowest BCUT2D eigenvalue weighted by Gasteiger charge is -2.03. The number of carbonyl (C=O) groups is 1. The minimum absolute atomic E-state index is 0.227. The highest BCUT2D eigenvalue weighted by Crippen LogP contribution is 2.23. The lowest BCUT2D eigenvalue weighted by molar-refractivity contribution is -0.387. The van der Waals surface area contributed by atoms with Crippen LogP contribution in [0.15, 0.2) is 18.3 Å². The van der Waals surface area contributed by atoms with Gasteiger partial charge in [-0.3, -0.25) is 20.2 Å². The van der Waals surface area contributed by atoms with Crippen LogP contribution in [0.2, 0.25) is 0 Å². The Morgan fingerprint density at radius 3 is 2.65 bits per heavy atom. The quantitative estimate of drug-likeness (QED) is 0.697. The summed E-state index contributed by atoms with van der Waals surface area (Å²) in [4.78, 5) is 25.8. The van der Waals surface area contributed by atoms with Crippen LogP contribution in [0.4, 0.5) is 19.6 Å². The average molecular weight is 299 g/mol. The maximum atomic E-state index is 13.6. The Morgan fingerprint density at radius 2 is 2.10 bits per heavy atom. The van der Waals surface area contributed by atoms with E-state index in [1.165, 1.54) is 6.20 Å². The van der Waals surface area contributed by atoms with Gasteiger partial charge in [-0.05, 0) is 13.0 Å². The first-order valence-electron chi connectivity index (χ1n) is 5.25. The Balaban J connectivity index is 2.30. The van der Waals surface area contributed by atoms with Crippen LogP contribution in [0.5, 0.6) is 0 Å². The van der Waals surface area contributed by atoms with Crippen molar-refractivity contribution in [1.29, 1.82) is 0 Å². The summed E-state index contributed by atoms with van der Waals surface area (Å²) in [5.41, 5.74) is -1.65. The van der Waals surface area contributed by atoms with Crippen molar-refractivity contribution in [3.05, 3.63) is 50.5 Å². The van der Waals surface area contributed by atoms with Gasteiger partial charge in [0, 0.05) is 11.1 Å². The number of anilines is 1. The zero-order valence-electron chi connectivity index (χ0n) is 10.0. The van der Waals surface area contributed by atoms with Gasteiger partial charge in [-0.25, -0.2) is 9.37 Å². The molecule has 0 saturated carbocycles. The molecule has 1 amide bonds. The number of halogens is 2. The lowest BCUT2D eigenvalue weighted by atomic mass is 10.1. The molecule has 0 fully saturated rings. The summed E-state index contributed by atoms with van der Waals surface area (Å²) >= 11 is 1.16. The van der Waals surface area contributed by atoms with Gasteiger partial charge in [-0.2, -0.15) is 4.39 Å². The standard InChI is InChI=1S/C11H7F2N3O3S/c1-5-4-14-11(20-5)15-10(17)6-2-8(13)9(16(18)19)3-7(6)12/h2-4H,1H3,(H,14,15,17). The third kappa shape index (κ3) is 2.77. The van der Waals surface area contributed by atoms with E-state index in [4.69, 9.17) is 0 Å². The van der Waals surface area contributed by atoms with Crippen molar-refractivity contribution >= 4 is 28.1 Å². The Morgan fingerprint density at radius 1 is 1.40 bits per heavy atom. The van der Waals surface area contributed by atoms with E-state index in [2.05, 4.69) is 10.3 Å². The maximum Gasteiger partial charge on any atom is 0.307 e. The second kappa shape index (κ2) is 5.29. The molecule has 0 aliphatic heterocycles. The van der Waals surface area contributed by atoms with E-state index in [1.54, 1.807) is 6.92 Å². The van der Waals surface area contributed by atoms with Crippen molar-refractivity contribution in [3.8, 4) is 0 Å². The molecular weight excluding hydrogens is 292 g/mol. The van der Waals surface area contributed by atoms with Gasteiger partial charge in [-0.1, -0.05) is 0 Å². The van der Waals surface area contributed by atoms with Crippen LogP contribution >= 0.6 is 11.3 Å². The summed E-state index contributed by atoms with van der Waals surface area (Å²) in [6.07, 6.45) is 1.51. The number of nitro benzene ring substituents is 1. The number of nitrogens with one attached hydrogen (secondary N) is 1. The summed E-state index contributed by atoms with van der Waals surface area (Å²) in [7, 11) is 0. The molecule has 6 nitrogen and oxygen atoms in total. The molecule has 2 rings (SSSR count). The van der Waals surface area contributed by atoms with Crippen LogP contribution in [0.1, 0.15) is 15.2 Å². The number of thiazole rings is 1. The van der Waals surface area contributed by atoms with E-state index < -0.39 is 33.7 Å². The third-order valence-electron chi connectivity index (χ3n) is 2.32. The number of rotatable bonds is 3. The molecule has 0 spiro atoms. The molecule has 1 heterocycles. The fraction of sp³-hybridized carbons (Fsp3) is 0.0909. The molecule has 104 valence electrons. The van der Waals surface area contributed by atoms with Crippen molar-refractivity contribution in [2.75, 3.05) is 5.32 Å². The number of carbonyl (C=O) groups excluding carboxylic acids is 1. The van der Waals surface area contributed by atoms with E-state index >= 15 is 0 Å². The Labute approximate surface area is 115 Å². The summed E-state index contributed by atoms with van der Waals surface area (Å²) in [5, 5.41) is 13.0. The molecule has 0 aliphatic carbocycles. The Bertz CT molecular complexity index is 702. The molecular formula is C11H7F2N3O3S. The number of nitrogens with zero attached hydrogens (tertiary/aromatic N) is 2. The molecule has 2 aromatic rings. The molecule has 0 saturated heterocycles. The van der Waals surface area contributed by atoms with Gasteiger partial charge < -0.3 is 0 Å². The van der Waals surface area contributed by atoms with Crippen LogP contribution in [0.25, 0.3) is 0 Å². The van der Waals surface area contributed by atoms with Crippen molar-refractivity contribution in [2.45, 2.75) is 6.92 Å². The lowest BCUT2D eigenvalue weighted by Crippen LogP contribution is -2.14. The van der Waals surface area contributed by atoms with Gasteiger partial charge >= 0.3 is 5.69 Å². The maximum absolute atomic E-state index is 13.6. The van der Waals surface area contributed by atoms with Crippen LogP contribution in [-0.4, -0.2) is 15.8 Å². The van der Waals surface area contributed by atoms with E-state index in [9.17, 15) is 23.7 Å². The molecule has 9 heteroatoms. The Hall–Kier alpha value is -2.42. The normalized spacial score (nSPS) is 10.3. The summed E-state index contributed by atoms with van der Waals surface area (Å²) in [5.74, 6) is -3.38. The smallest absolute Gasteiger partial charge is 0.298 e. The third-order valence-corrected chi connectivity index (χ3v) is 3.15. The number of amides is 1. The number of aromatic nitrogens is 1. The molecule has 0 radical (unpaired) electrons. The van der Waals surface area contributed by atoms with Crippen molar-refractivity contribution in [1.82, 2.24) is 4.98 Å². The summed E-state index contributed by atoms with van der Waals surface area (Å²) < 4.78 is 27.0. The zero-order chi connectivity index (χ0) is 14.9. The predicted octanol–water partition coefficient (Wildman–Crippen LogP) is 2.89.